The van der Waals surface area contributed by atoms with E-state index in [0.29, 0.717) is 18.5 Å². The molecule has 1 unspecified atom stereocenters. The smallest absolute Gasteiger partial charge is 0.278 e. The summed E-state index contributed by atoms with van der Waals surface area (Å²) in [4.78, 5) is 6.33. The highest BCUT2D eigenvalue weighted by atomic mass is 19.3. The van der Waals surface area contributed by atoms with Crippen LogP contribution in [0.15, 0.2) is 17.1 Å². The first-order chi connectivity index (χ1) is 12.1. The molecule has 1 aromatic rings. The van der Waals surface area contributed by atoms with Gasteiger partial charge in [0.25, 0.3) is 5.92 Å². The highest BCUT2D eigenvalue weighted by Gasteiger charge is 2.56. The third-order valence-electron chi connectivity index (χ3n) is 5.44. The number of methoxy groups -OCH3 is 1. The largest absolute Gasteiger partial charge is 0.496 e. The molecule has 1 N–H and O–H groups in total. The van der Waals surface area contributed by atoms with Gasteiger partial charge in [0.2, 0.25) is 0 Å². The van der Waals surface area contributed by atoms with Crippen molar-refractivity contribution in [2.45, 2.75) is 58.0 Å². The third-order valence-corrected chi connectivity index (χ3v) is 5.44. The quantitative estimate of drug-likeness (QED) is 0.563. The van der Waals surface area contributed by atoms with Crippen molar-refractivity contribution in [1.29, 1.82) is 0 Å². The fraction of sp³-hybridized carbons (Fsp3) is 0.650. The molecular weight excluding hydrogens is 338 g/mol. The second-order valence-electron chi connectivity index (χ2n) is 7.29. The van der Waals surface area contributed by atoms with E-state index in [0.717, 1.165) is 31.9 Å². The van der Waals surface area contributed by atoms with E-state index in [9.17, 15) is 13.9 Å². The van der Waals surface area contributed by atoms with Gasteiger partial charge in [-0.3, -0.25) is 0 Å². The zero-order valence-electron chi connectivity index (χ0n) is 16.4. The molecule has 26 heavy (non-hydrogen) atoms. The van der Waals surface area contributed by atoms with E-state index in [4.69, 9.17) is 4.74 Å². The molecule has 1 aliphatic rings. The number of alkyl halides is 2. The zero-order valence-corrected chi connectivity index (χ0v) is 16.4. The van der Waals surface area contributed by atoms with Crippen LogP contribution in [-0.4, -0.2) is 43.0 Å². The maximum absolute atomic E-state index is 14.6. The normalized spacial score (nSPS) is 18.3. The van der Waals surface area contributed by atoms with E-state index >= 15 is 0 Å². The number of hydrogen-bond donors (Lipinski definition) is 1. The number of aliphatic imine (C=N–C) groups is 1. The minimum atomic E-state index is -3.28. The van der Waals surface area contributed by atoms with Gasteiger partial charge in [0.15, 0.2) is 5.60 Å². The average Bonchev–Trinajstić information content (AvgIpc) is 3.13. The number of ether oxygens (including phenoxy) is 1. The van der Waals surface area contributed by atoms with Crippen molar-refractivity contribution < 1.29 is 18.6 Å². The van der Waals surface area contributed by atoms with Crippen molar-refractivity contribution in [1.82, 2.24) is 4.90 Å². The Labute approximate surface area is 154 Å². The maximum atomic E-state index is 14.6. The lowest BCUT2D eigenvalue weighted by Gasteiger charge is -2.40. The van der Waals surface area contributed by atoms with E-state index in [-0.39, 0.29) is 11.3 Å². The lowest BCUT2D eigenvalue weighted by Crippen LogP contribution is -2.48. The average molecular weight is 368 g/mol. The molecule has 0 spiro atoms. The van der Waals surface area contributed by atoms with Gasteiger partial charge >= 0.3 is 0 Å². The van der Waals surface area contributed by atoms with Crippen LogP contribution in [0.4, 0.5) is 14.5 Å². The number of aliphatic hydroxyl groups is 1. The number of benzene rings is 1. The topological polar surface area (TPSA) is 45.1 Å². The molecule has 0 saturated heterocycles. The molecule has 1 aromatic carbocycles. The van der Waals surface area contributed by atoms with Gasteiger partial charge < -0.3 is 14.7 Å². The van der Waals surface area contributed by atoms with Gasteiger partial charge in [0.1, 0.15) is 5.75 Å². The molecule has 146 valence electrons. The van der Waals surface area contributed by atoms with Gasteiger partial charge in [-0.1, -0.05) is 12.8 Å². The maximum Gasteiger partial charge on any atom is 0.278 e. The first-order valence-electron chi connectivity index (χ1n) is 9.18. The van der Waals surface area contributed by atoms with Gasteiger partial charge in [-0.05, 0) is 44.2 Å². The Balaban J connectivity index is 2.56. The molecule has 0 aromatic heterocycles. The fourth-order valence-corrected chi connectivity index (χ4v) is 3.68. The second-order valence-corrected chi connectivity index (χ2v) is 7.29. The predicted octanol–water partition coefficient (Wildman–Crippen LogP) is 4.65. The van der Waals surface area contributed by atoms with Crippen LogP contribution in [0, 0.1) is 12.8 Å². The van der Waals surface area contributed by atoms with Crippen molar-refractivity contribution in [2.24, 2.45) is 10.9 Å². The lowest BCUT2D eigenvalue weighted by atomic mass is 9.75. The van der Waals surface area contributed by atoms with Crippen molar-refractivity contribution in [3.05, 3.63) is 23.3 Å². The second kappa shape index (κ2) is 7.91. The standard InChI is InChI=1S/C20H30F2N2O2/c1-6-24(4)13-23-17-12-18(26-5)16(11-14(17)2)20(25,19(3,21)22)15-9-7-8-10-15/h11-13,15,25H,6-10H2,1-5H3/b23-13+. The van der Waals surface area contributed by atoms with Crippen LogP contribution in [0.1, 0.15) is 50.7 Å². The fourth-order valence-electron chi connectivity index (χ4n) is 3.68. The molecule has 0 amide bonds. The van der Waals surface area contributed by atoms with E-state index in [1.165, 1.54) is 7.11 Å². The first kappa shape index (κ1) is 20.6. The van der Waals surface area contributed by atoms with Crippen molar-refractivity contribution in [2.75, 3.05) is 20.7 Å². The van der Waals surface area contributed by atoms with Crippen LogP contribution in [0.3, 0.4) is 0 Å². The Hall–Kier alpha value is -1.69. The molecule has 1 aliphatic carbocycles. The molecule has 1 atom stereocenters. The first-order valence-corrected chi connectivity index (χ1v) is 9.18. The number of rotatable bonds is 7. The van der Waals surface area contributed by atoms with E-state index in [1.54, 1.807) is 18.5 Å². The van der Waals surface area contributed by atoms with Gasteiger partial charge in [0, 0.05) is 32.1 Å². The van der Waals surface area contributed by atoms with Gasteiger partial charge in [-0.25, -0.2) is 13.8 Å². The summed E-state index contributed by atoms with van der Waals surface area (Å²) in [6, 6.07) is 3.24. The van der Waals surface area contributed by atoms with Gasteiger partial charge in [-0.2, -0.15) is 0 Å². The summed E-state index contributed by atoms with van der Waals surface area (Å²) in [6.45, 7) is 5.42. The summed E-state index contributed by atoms with van der Waals surface area (Å²) in [5.74, 6) is -3.52. The van der Waals surface area contributed by atoms with Crippen LogP contribution < -0.4 is 4.74 Å². The van der Waals surface area contributed by atoms with Crippen molar-refractivity contribution in [3.63, 3.8) is 0 Å². The third kappa shape index (κ3) is 3.85. The van der Waals surface area contributed by atoms with Crippen LogP contribution in [0.2, 0.25) is 0 Å². The SMILES string of the molecule is CCN(C)/C=N/c1cc(OC)c(C(O)(C2CCCC2)C(C)(F)F)cc1C. The Bertz CT molecular complexity index is 652. The Morgan fingerprint density at radius 2 is 1.96 bits per heavy atom. The monoisotopic (exact) mass is 368 g/mol. The summed E-state index contributed by atoms with van der Waals surface area (Å²) >= 11 is 0. The minimum absolute atomic E-state index is 0.152. The Kier molecular flexibility index (Phi) is 6.27. The minimum Gasteiger partial charge on any atom is -0.496 e. The van der Waals surface area contributed by atoms with E-state index in [2.05, 4.69) is 4.99 Å². The Morgan fingerprint density at radius 1 is 1.35 bits per heavy atom. The van der Waals surface area contributed by atoms with Crippen molar-refractivity contribution >= 4 is 12.0 Å². The predicted molar refractivity (Wildman–Crippen MR) is 101 cm³/mol. The van der Waals surface area contributed by atoms with Gasteiger partial charge in [0.05, 0.1) is 19.1 Å². The van der Waals surface area contributed by atoms with Crippen LogP contribution in [0.25, 0.3) is 0 Å². The zero-order chi connectivity index (χ0) is 19.5. The van der Waals surface area contributed by atoms with Crippen molar-refractivity contribution in [3.8, 4) is 5.75 Å². The number of aryl methyl sites for hydroxylation is 1. The summed E-state index contributed by atoms with van der Waals surface area (Å²) in [6.07, 6.45) is 4.58. The molecule has 0 aliphatic heterocycles. The summed E-state index contributed by atoms with van der Waals surface area (Å²) < 4.78 is 34.6. The van der Waals surface area contributed by atoms with Crippen LogP contribution in [-0.2, 0) is 5.60 Å². The highest BCUT2D eigenvalue weighted by Crippen LogP contribution is 2.52. The van der Waals surface area contributed by atoms with Gasteiger partial charge in [-0.15, -0.1) is 0 Å². The van der Waals surface area contributed by atoms with E-state index < -0.39 is 17.4 Å². The summed E-state index contributed by atoms with van der Waals surface area (Å²) in [5, 5.41) is 11.2. The molecule has 2 rings (SSSR count). The lowest BCUT2D eigenvalue weighted by molar-refractivity contribution is -0.205. The molecule has 4 nitrogen and oxygen atoms in total. The van der Waals surface area contributed by atoms with E-state index in [1.807, 2.05) is 25.8 Å². The molecule has 6 heteroatoms. The Morgan fingerprint density at radius 3 is 2.46 bits per heavy atom. The summed E-state index contributed by atoms with van der Waals surface area (Å²) in [5.41, 5.74) is -0.733. The molecule has 0 heterocycles. The number of nitrogens with zero attached hydrogens (tertiary/aromatic N) is 2. The number of hydrogen-bond acceptors (Lipinski definition) is 3. The molecule has 0 radical (unpaired) electrons. The molecule has 1 saturated carbocycles. The van der Waals surface area contributed by atoms with Crippen LogP contribution in [0.5, 0.6) is 5.75 Å². The van der Waals surface area contributed by atoms with Crippen LogP contribution >= 0.6 is 0 Å². The molecule has 0 bridgehead atoms. The summed E-state index contributed by atoms with van der Waals surface area (Å²) in [7, 11) is 3.34. The highest BCUT2D eigenvalue weighted by molar-refractivity contribution is 5.65. The number of halogens is 2. The molecule has 1 fully saturated rings. The molecular formula is C20H30F2N2O2.